The summed E-state index contributed by atoms with van der Waals surface area (Å²) in [7, 11) is 3.93. The number of ether oxygens (including phenoxy) is 2. The molecule has 1 saturated heterocycles. The lowest BCUT2D eigenvalue weighted by atomic mass is 10.0. The van der Waals surface area contributed by atoms with Crippen molar-refractivity contribution < 1.29 is 22.6 Å². The predicted octanol–water partition coefficient (Wildman–Crippen LogP) is 4.62. The minimum atomic E-state index is -0.703. The maximum absolute atomic E-state index is 13.7. The zero-order valence-corrected chi connectivity index (χ0v) is 20.8. The van der Waals surface area contributed by atoms with Crippen LogP contribution in [0.5, 0.6) is 0 Å². The number of aromatic nitrogens is 3. The quantitative estimate of drug-likeness (QED) is 0.436. The molecule has 7 nitrogen and oxygen atoms in total. The van der Waals surface area contributed by atoms with Crippen LogP contribution in [0, 0.1) is 5.82 Å². The summed E-state index contributed by atoms with van der Waals surface area (Å²) in [6, 6.07) is 10.8. The Hall–Kier alpha value is -2.79. The van der Waals surface area contributed by atoms with Gasteiger partial charge in [0.15, 0.2) is 6.29 Å². The third kappa shape index (κ3) is 6.31. The Labute approximate surface area is 209 Å². The molecule has 194 valence electrons. The van der Waals surface area contributed by atoms with Gasteiger partial charge in [0, 0.05) is 19.6 Å². The third-order valence-electron chi connectivity index (χ3n) is 6.24. The van der Waals surface area contributed by atoms with Crippen molar-refractivity contribution in [2.45, 2.75) is 51.8 Å². The van der Waals surface area contributed by atoms with Gasteiger partial charge in [-0.15, -0.1) is 0 Å². The Morgan fingerprint density at radius 2 is 1.75 bits per heavy atom. The molecule has 1 aromatic heterocycles. The van der Waals surface area contributed by atoms with E-state index in [1.807, 2.05) is 25.9 Å². The number of hydrogen-bond acceptors (Lipinski definition) is 6. The summed E-state index contributed by atoms with van der Waals surface area (Å²) in [5, 5.41) is 11.4. The summed E-state index contributed by atoms with van der Waals surface area (Å²) in [6.45, 7) is 2.60. The normalized spacial score (nSPS) is 19.6. The van der Waals surface area contributed by atoms with Gasteiger partial charge in [-0.2, -0.15) is 15.4 Å². The fourth-order valence-electron chi connectivity index (χ4n) is 4.49. The summed E-state index contributed by atoms with van der Waals surface area (Å²) >= 11 is 0. The van der Waals surface area contributed by atoms with E-state index in [0.29, 0.717) is 42.9 Å². The molecule has 1 aliphatic heterocycles. The van der Waals surface area contributed by atoms with Gasteiger partial charge in [0.05, 0.1) is 18.8 Å². The molecule has 36 heavy (non-hydrogen) atoms. The molecule has 10 heteroatoms. The van der Waals surface area contributed by atoms with Crippen LogP contribution in [0.3, 0.4) is 0 Å². The van der Waals surface area contributed by atoms with Gasteiger partial charge in [0.25, 0.3) is 0 Å². The number of hydrogen-bond donors (Lipinski definition) is 1. The molecule has 1 fully saturated rings. The van der Waals surface area contributed by atoms with E-state index in [1.54, 1.807) is 24.3 Å². The first-order chi connectivity index (χ1) is 17.4. The number of morpholine rings is 1. The molecular weight excluding hydrogens is 471 g/mol. The lowest BCUT2D eigenvalue weighted by molar-refractivity contribution is -0.231. The molecule has 2 heterocycles. The Bertz CT molecular complexity index is 1100. The maximum atomic E-state index is 13.7. The number of halogens is 3. The molecule has 2 aromatic carbocycles. The van der Waals surface area contributed by atoms with E-state index in [4.69, 9.17) is 9.47 Å². The molecule has 3 aromatic rings. The van der Waals surface area contributed by atoms with Gasteiger partial charge in [-0.05, 0) is 55.4 Å². The summed E-state index contributed by atoms with van der Waals surface area (Å²) in [5.41, 5.74) is 3.95. The van der Waals surface area contributed by atoms with Crippen molar-refractivity contribution in [1.29, 1.82) is 0 Å². The number of alkyl halides is 2. The molecule has 0 amide bonds. The average molecular weight is 504 g/mol. The SMILES string of the molecule is C[C@@H](O[C@H]1OCCN(Cc2n[nH]nc2CN(C)C)[C@H]1c1ccc(F)cc1)c1cc(CF)cc(CF)c1. The van der Waals surface area contributed by atoms with Crippen LogP contribution in [0.25, 0.3) is 0 Å². The van der Waals surface area contributed by atoms with Gasteiger partial charge in [0.2, 0.25) is 0 Å². The summed E-state index contributed by atoms with van der Waals surface area (Å²) in [4.78, 5) is 4.19. The highest BCUT2D eigenvalue weighted by atomic mass is 19.1. The lowest BCUT2D eigenvalue weighted by Gasteiger charge is -2.42. The van der Waals surface area contributed by atoms with Gasteiger partial charge in [-0.25, -0.2) is 13.2 Å². The predicted molar refractivity (Wildman–Crippen MR) is 129 cm³/mol. The van der Waals surface area contributed by atoms with Crippen molar-refractivity contribution in [3.05, 3.63) is 81.9 Å². The fourth-order valence-corrected chi connectivity index (χ4v) is 4.49. The van der Waals surface area contributed by atoms with E-state index in [0.717, 1.165) is 17.0 Å². The van der Waals surface area contributed by atoms with Crippen molar-refractivity contribution in [2.24, 2.45) is 0 Å². The summed E-state index contributed by atoms with van der Waals surface area (Å²) < 4.78 is 52.9. The van der Waals surface area contributed by atoms with Gasteiger partial charge in [-0.3, -0.25) is 4.90 Å². The Morgan fingerprint density at radius 1 is 1.08 bits per heavy atom. The minimum absolute atomic E-state index is 0.334. The fraction of sp³-hybridized carbons (Fsp3) is 0.462. The van der Waals surface area contributed by atoms with Crippen LogP contribution >= 0.6 is 0 Å². The molecular formula is C26H32F3N5O2. The van der Waals surface area contributed by atoms with Crippen LogP contribution in [0.1, 0.15) is 52.7 Å². The highest BCUT2D eigenvalue weighted by Crippen LogP contribution is 2.35. The standard InChI is InChI=1S/C26H32F3N5O2/c1-17(21-11-18(13-27)10-19(12-21)14-28)36-26-25(20-4-6-22(29)7-5-20)34(8-9-35-26)16-24-23(15-33(2)3)30-32-31-24/h4-7,10-12,17,25-26H,8-9,13-16H2,1-3H3,(H,30,31,32)/t17-,25+,26-/m1/s1. The van der Waals surface area contributed by atoms with Crippen LogP contribution in [0.2, 0.25) is 0 Å². The molecule has 0 bridgehead atoms. The largest absolute Gasteiger partial charge is 0.349 e. The van der Waals surface area contributed by atoms with E-state index in [-0.39, 0.29) is 11.9 Å². The molecule has 1 N–H and O–H groups in total. The van der Waals surface area contributed by atoms with Crippen molar-refractivity contribution in [3.63, 3.8) is 0 Å². The number of benzene rings is 2. The monoisotopic (exact) mass is 503 g/mol. The molecule has 1 aliphatic rings. The van der Waals surface area contributed by atoms with E-state index >= 15 is 0 Å². The molecule has 0 saturated carbocycles. The highest BCUT2D eigenvalue weighted by Gasteiger charge is 2.36. The number of rotatable bonds is 10. The van der Waals surface area contributed by atoms with Crippen LogP contribution in [0.15, 0.2) is 42.5 Å². The summed E-state index contributed by atoms with van der Waals surface area (Å²) in [6.07, 6.45) is -1.20. The van der Waals surface area contributed by atoms with Gasteiger partial charge in [-0.1, -0.05) is 30.3 Å². The van der Waals surface area contributed by atoms with Crippen LogP contribution < -0.4 is 0 Å². The smallest absolute Gasteiger partial charge is 0.177 e. The third-order valence-corrected chi connectivity index (χ3v) is 6.24. The second kappa shape index (κ2) is 12.0. The van der Waals surface area contributed by atoms with E-state index < -0.39 is 25.7 Å². The highest BCUT2D eigenvalue weighted by molar-refractivity contribution is 5.31. The maximum Gasteiger partial charge on any atom is 0.177 e. The zero-order valence-electron chi connectivity index (χ0n) is 20.8. The van der Waals surface area contributed by atoms with Crippen LogP contribution in [0.4, 0.5) is 13.2 Å². The second-order valence-electron chi connectivity index (χ2n) is 9.29. The van der Waals surface area contributed by atoms with E-state index in [9.17, 15) is 13.2 Å². The molecule has 0 aliphatic carbocycles. The van der Waals surface area contributed by atoms with Gasteiger partial charge >= 0.3 is 0 Å². The molecule has 0 radical (unpaired) electrons. The zero-order chi connectivity index (χ0) is 25.7. The average Bonchev–Trinajstić information content (AvgIpc) is 3.30. The number of H-pyrrole nitrogens is 1. The molecule has 0 unspecified atom stereocenters. The van der Waals surface area contributed by atoms with Crippen LogP contribution in [-0.4, -0.2) is 58.7 Å². The topological polar surface area (TPSA) is 66.5 Å². The number of nitrogens with zero attached hydrogens (tertiary/aromatic N) is 4. The van der Waals surface area contributed by atoms with Crippen molar-refractivity contribution >= 4 is 0 Å². The summed E-state index contributed by atoms with van der Waals surface area (Å²) in [5.74, 6) is -0.334. The Morgan fingerprint density at radius 3 is 2.39 bits per heavy atom. The van der Waals surface area contributed by atoms with E-state index in [1.165, 1.54) is 18.2 Å². The minimum Gasteiger partial charge on any atom is -0.349 e. The first kappa shape index (κ1) is 26.3. The second-order valence-corrected chi connectivity index (χ2v) is 9.29. The Balaban J connectivity index is 1.61. The van der Waals surface area contributed by atoms with E-state index in [2.05, 4.69) is 20.3 Å². The van der Waals surface area contributed by atoms with Crippen molar-refractivity contribution in [2.75, 3.05) is 27.2 Å². The number of aromatic amines is 1. The lowest BCUT2D eigenvalue weighted by Crippen LogP contribution is -2.46. The van der Waals surface area contributed by atoms with Crippen molar-refractivity contribution in [3.8, 4) is 0 Å². The Kier molecular flexibility index (Phi) is 8.73. The molecule has 0 spiro atoms. The van der Waals surface area contributed by atoms with Crippen molar-refractivity contribution in [1.82, 2.24) is 25.2 Å². The number of nitrogens with one attached hydrogen (secondary N) is 1. The molecule has 3 atom stereocenters. The van der Waals surface area contributed by atoms with Gasteiger partial charge < -0.3 is 14.4 Å². The van der Waals surface area contributed by atoms with Gasteiger partial charge in [0.1, 0.15) is 30.6 Å². The first-order valence-electron chi connectivity index (χ1n) is 11.9. The first-order valence-corrected chi connectivity index (χ1v) is 11.9. The van der Waals surface area contributed by atoms with Crippen LogP contribution in [-0.2, 0) is 35.9 Å². The molecule has 4 rings (SSSR count).